The van der Waals surface area contributed by atoms with E-state index in [1.807, 2.05) is 0 Å². The van der Waals surface area contributed by atoms with E-state index in [-0.39, 0.29) is 28.2 Å². The van der Waals surface area contributed by atoms with Crippen molar-refractivity contribution in [2.45, 2.75) is 11.8 Å². The van der Waals surface area contributed by atoms with Crippen molar-refractivity contribution >= 4 is 62.0 Å². The molecule has 0 aromatic heterocycles. The first kappa shape index (κ1) is 21.8. The van der Waals surface area contributed by atoms with Crippen molar-refractivity contribution in [3.63, 3.8) is 0 Å². The van der Waals surface area contributed by atoms with Crippen LogP contribution in [0.15, 0.2) is 52.3 Å². The first-order valence-electron chi connectivity index (χ1n) is 8.43. The van der Waals surface area contributed by atoms with E-state index in [2.05, 4.69) is 10.6 Å². The summed E-state index contributed by atoms with van der Waals surface area (Å²) >= 11 is 6.03. The summed E-state index contributed by atoms with van der Waals surface area (Å²) in [5.74, 6) is -0.546. The van der Waals surface area contributed by atoms with Gasteiger partial charge in [0.2, 0.25) is 5.91 Å². The Kier molecular flexibility index (Phi) is 6.44. The summed E-state index contributed by atoms with van der Waals surface area (Å²) < 4.78 is 36.6. The van der Waals surface area contributed by atoms with Gasteiger partial charge in [-0.05, 0) is 36.4 Å². The third-order valence-corrected chi connectivity index (χ3v) is 6.21. The normalized spacial score (nSPS) is 15.1. The molecule has 0 spiro atoms. The zero-order chi connectivity index (χ0) is 21.9. The Labute approximate surface area is 182 Å². The van der Waals surface area contributed by atoms with Crippen LogP contribution in [0.25, 0.3) is 6.08 Å². The second kappa shape index (κ2) is 8.86. The van der Waals surface area contributed by atoms with Gasteiger partial charge in [0.15, 0.2) is 11.5 Å². The second-order valence-electron chi connectivity index (χ2n) is 5.97. The van der Waals surface area contributed by atoms with Crippen LogP contribution in [0.2, 0.25) is 0 Å². The number of rotatable bonds is 6. The Morgan fingerprint density at radius 1 is 1.20 bits per heavy atom. The molecule has 1 aliphatic rings. The number of methoxy groups -OCH3 is 1. The van der Waals surface area contributed by atoms with Gasteiger partial charge in [0.25, 0.3) is 5.91 Å². The fourth-order valence-electron chi connectivity index (χ4n) is 2.52. The second-order valence-corrected chi connectivity index (χ2v) is 9.24. The molecule has 1 heterocycles. The number of anilines is 1. The zero-order valence-corrected chi connectivity index (χ0v) is 18.2. The van der Waals surface area contributed by atoms with E-state index in [1.165, 1.54) is 44.4 Å². The monoisotopic (exact) mass is 464 g/mol. The van der Waals surface area contributed by atoms with Crippen molar-refractivity contribution in [3.8, 4) is 11.5 Å². The van der Waals surface area contributed by atoms with Crippen LogP contribution in [0.1, 0.15) is 12.5 Å². The van der Waals surface area contributed by atoms with E-state index in [0.29, 0.717) is 20.5 Å². The van der Waals surface area contributed by atoms with Crippen molar-refractivity contribution < 1.29 is 26.9 Å². The van der Waals surface area contributed by atoms with E-state index in [9.17, 15) is 18.0 Å². The standard InChI is InChI=1S/C19H16N2O6S3/c1-11(22)20-13-6-8-14(9-7-13)30(24,25)27-17-12(4-3-5-15(17)26-2)10-16-18(23)21-19(28)29-16/h3-10H,1-2H3,(H,20,22)(H,21,23,28). The average molecular weight is 465 g/mol. The van der Waals surface area contributed by atoms with Crippen molar-refractivity contribution in [2.24, 2.45) is 0 Å². The molecule has 0 saturated carbocycles. The lowest BCUT2D eigenvalue weighted by molar-refractivity contribution is -0.115. The molecule has 1 fully saturated rings. The van der Waals surface area contributed by atoms with Gasteiger partial charge in [0.1, 0.15) is 9.22 Å². The third kappa shape index (κ3) is 4.99. The minimum Gasteiger partial charge on any atom is -0.493 e. The quantitative estimate of drug-likeness (QED) is 0.381. The maximum Gasteiger partial charge on any atom is 0.339 e. The topological polar surface area (TPSA) is 111 Å². The summed E-state index contributed by atoms with van der Waals surface area (Å²) in [6.07, 6.45) is 1.48. The first-order valence-corrected chi connectivity index (χ1v) is 11.1. The fourth-order valence-corrected chi connectivity index (χ4v) is 4.52. The van der Waals surface area contributed by atoms with Crippen LogP contribution < -0.4 is 19.6 Å². The molecule has 0 aliphatic carbocycles. The van der Waals surface area contributed by atoms with Gasteiger partial charge in [-0.25, -0.2) is 0 Å². The highest BCUT2D eigenvalue weighted by molar-refractivity contribution is 8.26. The lowest BCUT2D eigenvalue weighted by Gasteiger charge is -2.14. The molecule has 156 valence electrons. The Morgan fingerprint density at radius 3 is 2.47 bits per heavy atom. The molecule has 0 bridgehead atoms. The van der Waals surface area contributed by atoms with Gasteiger partial charge in [-0.2, -0.15) is 8.42 Å². The van der Waals surface area contributed by atoms with Crippen molar-refractivity contribution in [2.75, 3.05) is 12.4 Å². The highest BCUT2D eigenvalue weighted by atomic mass is 32.2. The number of nitrogens with one attached hydrogen (secondary N) is 2. The van der Waals surface area contributed by atoms with Crippen LogP contribution >= 0.6 is 24.0 Å². The summed E-state index contributed by atoms with van der Waals surface area (Å²) in [6, 6.07) is 10.3. The predicted molar refractivity (Wildman–Crippen MR) is 118 cm³/mol. The van der Waals surface area contributed by atoms with Gasteiger partial charge in [-0.15, -0.1) is 0 Å². The smallest absolute Gasteiger partial charge is 0.339 e. The number of thiocarbonyl (C=S) groups is 1. The molecule has 11 heteroatoms. The van der Waals surface area contributed by atoms with E-state index in [1.54, 1.807) is 18.2 Å². The SMILES string of the molecule is COc1cccc(C=C2SC(=S)NC2=O)c1OS(=O)(=O)c1ccc(NC(C)=O)cc1. The zero-order valence-electron chi connectivity index (χ0n) is 15.8. The molecule has 1 aliphatic heterocycles. The van der Waals surface area contributed by atoms with Gasteiger partial charge < -0.3 is 19.6 Å². The lowest BCUT2D eigenvalue weighted by atomic mass is 10.1. The van der Waals surface area contributed by atoms with Crippen molar-refractivity contribution in [1.82, 2.24) is 5.32 Å². The largest absolute Gasteiger partial charge is 0.493 e. The molecule has 2 amide bonds. The number of carbonyl (C=O) groups excluding carboxylic acids is 2. The molecular weight excluding hydrogens is 448 g/mol. The maximum absolute atomic E-state index is 12.8. The number of thioether (sulfide) groups is 1. The average Bonchev–Trinajstić information content (AvgIpc) is 2.99. The Hall–Kier alpha value is -2.89. The summed E-state index contributed by atoms with van der Waals surface area (Å²) in [6.45, 7) is 1.35. The molecule has 0 radical (unpaired) electrons. The van der Waals surface area contributed by atoms with Gasteiger partial charge in [-0.3, -0.25) is 9.59 Å². The fraction of sp³-hybridized carbons (Fsp3) is 0.105. The van der Waals surface area contributed by atoms with Crippen LogP contribution in [0, 0.1) is 0 Å². The number of hydrogen-bond acceptors (Lipinski definition) is 8. The molecule has 2 aromatic rings. The van der Waals surface area contributed by atoms with Gasteiger partial charge in [-0.1, -0.05) is 36.1 Å². The highest BCUT2D eigenvalue weighted by Crippen LogP contribution is 2.37. The van der Waals surface area contributed by atoms with Crippen molar-refractivity contribution in [3.05, 3.63) is 52.9 Å². The molecule has 0 atom stereocenters. The molecule has 2 aromatic carbocycles. The maximum atomic E-state index is 12.8. The summed E-state index contributed by atoms with van der Waals surface area (Å²) in [4.78, 5) is 23.3. The number of benzene rings is 2. The van der Waals surface area contributed by atoms with Gasteiger partial charge in [0.05, 0.1) is 12.0 Å². The van der Waals surface area contributed by atoms with Crippen LogP contribution in [0.4, 0.5) is 5.69 Å². The number of para-hydroxylation sites is 1. The lowest BCUT2D eigenvalue weighted by Crippen LogP contribution is -2.17. The Morgan fingerprint density at radius 2 is 1.90 bits per heavy atom. The molecule has 2 N–H and O–H groups in total. The van der Waals surface area contributed by atoms with E-state index in [0.717, 1.165) is 11.8 Å². The predicted octanol–water partition coefficient (Wildman–Crippen LogP) is 2.91. The number of carbonyl (C=O) groups is 2. The Bertz CT molecular complexity index is 1160. The minimum absolute atomic E-state index is 0.0651. The number of hydrogen-bond donors (Lipinski definition) is 2. The van der Waals surface area contributed by atoms with Gasteiger partial charge >= 0.3 is 10.1 Å². The molecule has 1 saturated heterocycles. The Balaban J connectivity index is 1.97. The van der Waals surface area contributed by atoms with Crippen molar-refractivity contribution in [1.29, 1.82) is 0 Å². The van der Waals surface area contributed by atoms with E-state index < -0.39 is 10.1 Å². The minimum atomic E-state index is -4.23. The number of amides is 2. The van der Waals surface area contributed by atoms with Crippen LogP contribution in [-0.2, 0) is 19.7 Å². The summed E-state index contributed by atoms with van der Waals surface area (Å²) in [7, 11) is -2.85. The van der Waals surface area contributed by atoms with E-state index in [4.69, 9.17) is 21.1 Å². The molecular formula is C19H16N2O6S3. The summed E-state index contributed by atoms with van der Waals surface area (Å²) in [5, 5.41) is 5.05. The molecule has 0 unspecified atom stereocenters. The van der Waals surface area contributed by atoms with E-state index >= 15 is 0 Å². The van der Waals surface area contributed by atoms with Crippen LogP contribution in [-0.4, -0.2) is 31.7 Å². The summed E-state index contributed by atoms with van der Waals surface area (Å²) in [5.41, 5.74) is 0.777. The number of ether oxygens (including phenoxy) is 1. The van der Waals surface area contributed by atoms with Crippen LogP contribution in [0.5, 0.6) is 11.5 Å². The molecule has 8 nitrogen and oxygen atoms in total. The molecule has 30 heavy (non-hydrogen) atoms. The van der Waals surface area contributed by atoms with Crippen LogP contribution in [0.3, 0.4) is 0 Å². The third-order valence-electron chi connectivity index (χ3n) is 3.81. The van der Waals surface area contributed by atoms with Gasteiger partial charge in [0, 0.05) is 18.2 Å². The molecule has 3 rings (SSSR count). The highest BCUT2D eigenvalue weighted by Gasteiger charge is 2.25. The first-order chi connectivity index (χ1) is 14.2.